The van der Waals surface area contributed by atoms with Crippen molar-refractivity contribution in [1.29, 1.82) is 0 Å². The van der Waals surface area contributed by atoms with Crippen LogP contribution in [0.25, 0.3) is 0 Å². The number of carbonyl (C=O) groups excluding carboxylic acids is 1. The Morgan fingerprint density at radius 3 is 2.25 bits per heavy atom. The lowest BCUT2D eigenvalue weighted by molar-refractivity contribution is 0.0697. The molecule has 1 fully saturated rings. The summed E-state index contributed by atoms with van der Waals surface area (Å²) in [7, 11) is -2.00. The number of halogens is 1. The maximum atomic E-state index is 12.6. The van der Waals surface area contributed by atoms with E-state index in [1.165, 1.54) is 21.3 Å². The van der Waals surface area contributed by atoms with E-state index in [1.54, 1.807) is 36.2 Å². The third-order valence-corrected chi connectivity index (χ3v) is 6.22. The van der Waals surface area contributed by atoms with Gasteiger partial charge >= 0.3 is 0 Å². The summed E-state index contributed by atoms with van der Waals surface area (Å²) in [5, 5.41) is 4.62. The summed E-state index contributed by atoms with van der Waals surface area (Å²) in [6.45, 7) is 1.21. The number of hydrogen-bond acceptors (Lipinski definition) is 4. The fourth-order valence-corrected chi connectivity index (χ4v) is 4.30. The lowest BCUT2D eigenvalue weighted by Gasteiger charge is -2.33. The monoisotopic (exact) mass is 368 g/mol. The minimum atomic E-state index is -3.59. The number of sulfonamides is 1. The highest BCUT2D eigenvalue weighted by molar-refractivity contribution is 7.89. The van der Waals surface area contributed by atoms with Crippen molar-refractivity contribution in [2.75, 3.05) is 26.2 Å². The first-order chi connectivity index (χ1) is 11.4. The Morgan fingerprint density at radius 1 is 1.08 bits per heavy atom. The van der Waals surface area contributed by atoms with Gasteiger partial charge in [0.15, 0.2) is 5.03 Å². The Labute approximate surface area is 145 Å². The fraction of sp³-hybridized carbons (Fsp3) is 0.333. The first-order valence-electron chi connectivity index (χ1n) is 7.42. The zero-order chi connectivity index (χ0) is 17.3. The van der Waals surface area contributed by atoms with Gasteiger partial charge in [0.05, 0.1) is 6.20 Å². The third kappa shape index (κ3) is 3.17. The highest BCUT2D eigenvalue weighted by Gasteiger charge is 2.32. The van der Waals surface area contributed by atoms with E-state index < -0.39 is 10.0 Å². The minimum Gasteiger partial charge on any atom is -0.336 e. The molecule has 0 saturated carbocycles. The second-order valence-electron chi connectivity index (χ2n) is 5.50. The predicted octanol–water partition coefficient (Wildman–Crippen LogP) is 1.22. The van der Waals surface area contributed by atoms with Gasteiger partial charge in [-0.3, -0.25) is 9.48 Å². The molecule has 3 rings (SSSR count). The smallest absolute Gasteiger partial charge is 0.260 e. The van der Waals surface area contributed by atoms with E-state index >= 15 is 0 Å². The van der Waals surface area contributed by atoms with Crippen LogP contribution in [-0.2, 0) is 17.1 Å². The molecule has 2 aromatic rings. The summed E-state index contributed by atoms with van der Waals surface area (Å²) in [4.78, 5) is 14.1. The molecule has 0 aliphatic carbocycles. The van der Waals surface area contributed by atoms with Gasteiger partial charge in [0.2, 0.25) is 0 Å². The van der Waals surface area contributed by atoms with E-state index in [-0.39, 0.29) is 24.0 Å². The van der Waals surface area contributed by atoms with Gasteiger partial charge < -0.3 is 4.90 Å². The normalized spacial score (nSPS) is 16.3. The van der Waals surface area contributed by atoms with Crippen LogP contribution in [0.4, 0.5) is 0 Å². The van der Waals surface area contributed by atoms with Crippen molar-refractivity contribution in [2.24, 2.45) is 7.05 Å². The van der Waals surface area contributed by atoms with Gasteiger partial charge in [-0.2, -0.15) is 9.40 Å². The average molecular weight is 369 g/mol. The maximum Gasteiger partial charge on any atom is 0.260 e. The second-order valence-corrected chi connectivity index (χ2v) is 7.82. The fourth-order valence-electron chi connectivity index (χ4n) is 2.65. The highest BCUT2D eigenvalue weighted by atomic mass is 35.5. The minimum absolute atomic E-state index is 0.121. The summed E-state index contributed by atoms with van der Waals surface area (Å²) in [6, 6.07) is 8.14. The number of carbonyl (C=O) groups is 1. The van der Waals surface area contributed by atoms with E-state index in [0.717, 1.165) is 0 Å². The molecule has 1 aliphatic heterocycles. The molecule has 2 heterocycles. The maximum absolute atomic E-state index is 12.6. The first-order valence-corrected chi connectivity index (χ1v) is 9.24. The summed E-state index contributed by atoms with van der Waals surface area (Å²) in [5.41, 5.74) is 0.544. The molecular weight excluding hydrogens is 352 g/mol. The molecule has 9 heteroatoms. The quantitative estimate of drug-likeness (QED) is 0.816. The number of hydrogen-bond donors (Lipinski definition) is 0. The summed E-state index contributed by atoms with van der Waals surface area (Å²) < 4.78 is 27.9. The zero-order valence-electron chi connectivity index (χ0n) is 13.1. The molecular formula is C15H17ClN4O3S. The Balaban J connectivity index is 1.69. The molecule has 1 saturated heterocycles. The Bertz CT molecular complexity index is 840. The standard InChI is InChI=1S/C15H17ClN4O3S/c1-18-14(6-7-17-18)24(22,23)20-10-8-19(9-11-20)15(21)12-2-4-13(16)5-3-12/h2-7H,8-11H2,1H3. The molecule has 1 aliphatic rings. The van der Waals surface area contributed by atoms with Crippen molar-refractivity contribution >= 4 is 27.5 Å². The van der Waals surface area contributed by atoms with Crippen LogP contribution in [0.1, 0.15) is 10.4 Å². The van der Waals surface area contributed by atoms with Gasteiger partial charge in [0, 0.05) is 43.8 Å². The highest BCUT2D eigenvalue weighted by Crippen LogP contribution is 2.18. The summed E-state index contributed by atoms with van der Waals surface area (Å²) in [5.74, 6) is -0.121. The zero-order valence-corrected chi connectivity index (χ0v) is 14.7. The molecule has 1 aromatic carbocycles. The molecule has 0 N–H and O–H groups in total. The number of amides is 1. The SMILES string of the molecule is Cn1nccc1S(=O)(=O)N1CCN(C(=O)c2ccc(Cl)cc2)CC1. The second kappa shape index (κ2) is 6.54. The number of benzene rings is 1. The molecule has 1 aromatic heterocycles. The molecule has 7 nitrogen and oxygen atoms in total. The number of rotatable bonds is 3. The predicted molar refractivity (Wildman–Crippen MR) is 89.3 cm³/mol. The van der Waals surface area contributed by atoms with Crippen molar-refractivity contribution in [2.45, 2.75) is 5.03 Å². The summed E-state index contributed by atoms with van der Waals surface area (Å²) >= 11 is 5.83. The van der Waals surface area contributed by atoms with Gasteiger partial charge in [0.1, 0.15) is 0 Å². The van der Waals surface area contributed by atoms with Crippen LogP contribution in [0.15, 0.2) is 41.6 Å². The van der Waals surface area contributed by atoms with Crippen LogP contribution < -0.4 is 0 Å². The number of piperazine rings is 1. The van der Waals surface area contributed by atoms with E-state index in [2.05, 4.69) is 5.10 Å². The van der Waals surface area contributed by atoms with E-state index in [9.17, 15) is 13.2 Å². The van der Waals surface area contributed by atoms with E-state index in [4.69, 9.17) is 11.6 Å². The number of aryl methyl sites for hydroxylation is 1. The van der Waals surface area contributed by atoms with E-state index in [1.807, 2.05) is 0 Å². The van der Waals surface area contributed by atoms with E-state index in [0.29, 0.717) is 23.7 Å². The Hall–Kier alpha value is -1.90. The van der Waals surface area contributed by atoms with Gasteiger partial charge in [-0.15, -0.1) is 0 Å². The molecule has 24 heavy (non-hydrogen) atoms. The molecule has 1 amide bonds. The number of aromatic nitrogens is 2. The molecule has 0 radical (unpaired) electrons. The van der Waals surface area contributed by atoms with Crippen LogP contribution in [-0.4, -0.2) is 59.5 Å². The van der Waals surface area contributed by atoms with Crippen molar-refractivity contribution in [1.82, 2.24) is 19.0 Å². The number of nitrogens with zero attached hydrogens (tertiary/aromatic N) is 4. The largest absolute Gasteiger partial charge is 0.336 e. The lowest BCUT2D eigenvalue weighted by atomic mass is 10.2. The van der Waals surface area contributed by atoms with Gasteiger partial charge in [-0.1, -0.05) is 11.6 Å². The molecule has 128 valence electrons. The van der Waals surface area contributed by atoms with Crippen LogP contribution in [0.3, 0.4) is 0 Å². The lowest BCUT2D eigenvalue weighted by Crippen LogP contribution is -2.50. The van der Waals surface area contributed by atoms with Gasteiger partial charge in [0.25, 0.3) is 15.9 Å². The van der Waals surface area contributed by atoms with Crippen molar-refractivity contribution < 1.29 is 13.2 Å². The average Bonchev–Trinajstić information content (AvgIpc) is 3.02. The molecule has 0 unspecified atom stereocenters. The van der Waals surface area contributed by atoms with Gasteiger partial charge in [-0.25, -0.2) is 8.42 Å². The van der Waals surface area contributed by atoms with Crippen LogP contribution in [0.5, 0.6) is 0 Å². The van der Waals surface area contributed by atoms with Gasteiger partial charge in [-0.05, 0) is 30.3 Å². The topological polar surface area (TPSA) is 75.5 Å². The van der Waals surface area contributed by atoms with Crippen molar-refractivity contribution in [3.05, 3.63) is 47.1 Å². The van der Waals surface area contributed by atoms with Crippen LogP contribution in [0.2, 0.25) is 5.02 Å². The molecule has 0 spiro atoms. The summed E-state index contributed by atoms with van der Waals surface area (Å²) in [6.07, 6.45) is 1.45. The Morgan fingerprint density at radius 2 is 1.71 bits per heavy atom. The van der Waals surface area contributed by atoms with Crippen molar-refractivity contribution in [3.63, 3.8) is 0 Å². The molecule has 0 atom stereocenters. The van der Waals surface area contributed by atoms with Crippen LogP contribution >= 0.6 is 11.6 Å². The third-order valence-electron chi connectivity index (χ3n) is 4.00. The first kappa shape index (κ1) is 16.9. The van der Waals surface area contributed by atoms with Crippen LogP contribution in [0, 0.1) is 0 Å². The Kier molecular flexibility index (Phi) is 4.62. The van der Waals surface area contributed by atoms with Crippen molar-refractivity contribution in [3.8, 4) is 0 Å². The molecule has 0 bridgehead atoms.